The molecule has 1 aromatic rings. The number of aromatic nitrogens is 2. The fourth-order valence-electron chi connectivity index (χ4n) is 3.18. The van der Waals surface area contributed by atoms with Gasteiger partial charge in [0.05, 0.1) is 0 Å². The molecule has 2 fully saturated rings. The maximum Gasteiger partial charge on any atom is 0.137 e. The third-order valence-corrected chi connectivity index (χ3v) is 4.12. The van der Waals surface area contributed by atoms with Crippen molar-refractivity contribution in [1.29, 1.82) is 0 Å². The number of anilines is 2. The molecule has 4 heteroatoms. The van der Waals surface area contributed by atoms with Gasteiger partial charge in [0.15, 0.2) is 0 Å². The molecule has 2 N–H and O–H groups in total. The van der Waals surface area contributed by atoms with Crippen molar-refractivity contribution in [2.45, 2.75) is 26.2 Å². The monoisotopic (exact) mass is 218 g/mol. The predicted molar refractivity (Wildman–Crippen MR) is 64.2 cm³/mol. The SMILES string of the molecule is Cc1c(N)ncnc1N1CC2CCCC2C1. The summed E-state index contributed by atoms with van der Waals surface area (Å²) in [4.78, 5) is 10.8. The zero-order valence-corrected chi connectivity index (χ0v) is 9.69. The molecule has 16 heavy (non-hydrogen) atoms. The van der Waals surface area contributed by atoms with Crippen LogP contribution in [0.4, 0.5) is 11.6 Å². The van der Waals surface area contributed by atoms with Crippen molar-refractivity contribution < 1.29 is 0 Å². The third kappa shape index (κ3) is 1.44. The van der Waals surface area contributed by atoms with Crippen LogP contribution in [0.2, 0.25) is 0 Å². The Balaban J connectivity index is 1.86. The number of nitrogen functional groups attached to an aromatic ring is 1. The lowest BCUT2D eigenvalue weighted by molar-refractivity contribution is 0.494. The zero-order valence-electron chi connectivity index (χ0n) is 9.69. The molecule has 0 aromatic carbocycles. The van der Waals surface area contributed by atoms with E-state index in [1.807, 2.05) is 6.92 Å². The highest BCUT2D eigenvalue weighted by Crippen LogP contribution is 2.39. The quantitative estimate of drug-likeness (QED) is 0.778. The van der Waals surface area contributed by atoms with Gasteiger partial charge in [-0.1, -0.05) is 6.42 Å². The van der Waals surface area contributed by atoms with Gasteiger partial charge in [-0.05, 0) is 31.6 Å². The molecule has 4 nitrogen and oxygen atoms in total. The summed E-state index contributed by atoms with van der Waals surface area (Å²) >= 11 is 0. The van der Waals surface area contributed by atoms with E-state index in [-0.39, 0.29) is 0 Å². The summed E-state index contributed by atoms with van der Waals surface area (Å²) in [6.07, 6.45) is 5.77. The Kier molecular flexibility index (Phi) is 2.23. The second kappa shape index (κ2) is 3.61. The van der Waals surface area contributed by atoms with Crippen LogP contribution < -0.4 is 10.6 Å². The summed E-state index contributed by atoms with van der Waals surface area (Å²) in [6, 6.07) is 0. The van der Waals surface area contributed by atoms with Gasteiger partial charge < -0.3 is 10.6 Å². The topological polar surface area (TPSA) is 55.0 Å². The maximum atomic E-state index is 5.83. The van der Waals surface area contributed by atoms with Gasteiger partial charge in [-0.25, -0.2) is 9.97 Å². The van der Waals surface area contributed by atoms with Crippen molar-refractivity contribution in [3.8, 4) is 0 Å². The number of rotatable bonds is 1. The van der Waals surface area contributed by atoms with E-state index >= 15 is 0 Å². The average Bonchev–Trinajstić information content (AvgIpc) is 2.81. The number of fused-ring (bicyclic) bond motifs is 1. The summed E-state index contributed by atoms with van der Waals surface area (Å²) in [7, 11) is 0. The first-order valence-corrected chi connectivity index (χ1v) is 6.07. The molecule has 1 aliphatic heterocycles. The first kappa shape index (κ1) is 9.87. The van der Waals surface area contributed by atoms with Crippen molar-refractivity contribution in [1.82, 2.24) is 9.97 Å². The van der Waals surface area contributed by atoms with E-state index in [0.29, 0.717) is 5.82 Å². The molecule has 0 amide bonds. The Morgan fingerprint density at radius 3 is 2.62 bits per heavy atom. The fraction of sp³-hybridized carbons (Fsp3) is 0.667. The summed E-state index contributed by atoms with van der Waals surface area (Å²) in [5.74, 6) is 3.43. The first-order valence-electron chi connectivity index (χ1n) is 6.07. The Hall–Kier alpha value is -1.32. The van der Waals surface area contributed by atoms with E-state index in [1.54, 1.807) is 6.33 Å². The van der Waals surface area contributed by atoms with Crippen LogP contribution in [0.1, 0.15) is 24.8 Å². The fourth-order valence-corrected chi connectivity index (χ4v) is 3.18. The molecule has 2 aliphatic rings. The lowest BCUT2D eigenvalue weighted by Crippen LogP contribution is -2.23. The van der Waals surface area contributed by atoms with Crippen LogP contribution in [0.25, 0.3) is 0 Å². The standard InChI is InChI=1S/C12H18N4/c1-8-11(13)14-7-15-12(8)16-5-9-3-2-4-10(9)6-16/h7,9-10H,2-6H2,1H3,(H2,13,14,15). The van der Waals surface area contributed by atoms with Crippen LogP contribution >= 0.6 is 0 Å². The van der Waals surface area contributed by atoms with Gasteiger partial charge in [-0.3, -0.25) is 0 Å². The second-order valence-electron chi connectivity index (χ2n) is 5.06. The molecule has 0 bridgehead atoms. The zero-order chi connectivity index (χ0) is 11.1. The Morgan fingerprint density at radius 2 is 1.94 bits per heavy atom. The highest BCUT2D eigenvalue weighted by molar-refractivity contribution is 5.56. The van der Waals surface area contributed by atoms with Gasteiger partial charge in [-0.2, -0.15) is 0 Å². The van der Waals surface area contributed by atoms with Crippen LogP contribution in [0.3, 0.4) is 0 Å². The normalized spacial score (nSPS) is 28.4. The number of hydrogen-bond acceptors (Lipinski definition) is 4. The van der Waals surface area contributed by atoms with Gasteiger partial charge >= 0.3 is 0 Å². The molecule has 2 unspecified atom stereocenters. The number of nitrogens with two attached hydrogens (primary N) is 1. The van der Waals surface area contributed by atoms with Gasteiger partial charge in [0.1, 0.15) is 18.0 Å². The van der Waals surface area contributed by atoms with E-state index in [4.69, 9.17) is 5.73 Å². The molecule has 0 radical (unpaired) electrons. The Bertz CT molecular complexity index is 392. The smallest absolute Gasteiger partial charge is 0.137 e. The summed E-state index contributed by atoms with van der Waals surface area (Å²) in [5.41, 5.74) is 6.86. The number of hydrogen-bond donors (Lipinski definition) is 1. The van der Waals surface area contributed by atoms with Crippen molar-refractivity contribution in [2.75, 3.05) is 23.7 Å². The predicted octanol–water partition coefficient (Wildman–Crippen LogP) is 1.60. The molecular formula is C12H18N4. The molecular weight excluding hydrogens is 200 g/mol. The average molecular weight is 218 g/mol. The molecule has 1 aliphatic carbocycles. The van der Waals surface area contributed by atoms with Crippen LogP contribution in [0.15, 0.2) is 6.33 Å². The van der Waals surface area contributed by atoms with Crippen LogP contribution in [-0.2, 0) is 0 Å². The van der Waals surface area contributed by atoms with Crippen LogP contribution in [0.5, 0.6) is 0 Å². The highest BCUT2D eigenvalue weighted by atomic mass is 15.2. The minimum absolute atomic E-state index is 0.613. The Labute approximate surface area is 95.9 Å². The molecule has 3 rings (SSSR count). The minimum atomic E-state index is 0.613. The summed E-state index contributed by atoms with van der Waals surface area (Å²) in [5, 5.41) is 0. The first-order chi connectivity index (χ1) is 7.75. The van der Waals surface area contributed by atoms with E-state index in [2.05, 4.69) is 14.9 Å². The molecule has 0 spiro atoms. The van der Waals surface area contributed by atoms with Gasteiger partial charge in [0.2, 0.25) is 0 Å². The highest BCUT2D eigenvalue weighted by Gasteiger charge is 2.37. The minimum Gasteiger partial charge on any atom is -0.383 e. The molecule has 86 valence electrons. The van der Waals surface area contributed by atoms with Gasteiger partial charge in [0, 0.05) is 18.7 Å². The van der Waals surface area contributed by atoms with Crippen molar-refractivity contribution in [3.63, 3.8) is 0 Å². The van der Waals surface area contributed by atoms with E-state index in [1.165, 1.54) is 19.3 Å². The maximum absolute atomic E-state index is 5.83. The third-order valence-electron chi connectivity index (χ3n) is 4.12. The summed E-state index contributed by atoms with van der Waals surface area (Å²) in [6.45, 7) is 4.32. The van der Waals surface area contributed by atoms with E-state index in [0.717, 1.165) is 36.3 Å². The lowest BCUT2D eigenvalue weighted by atomic mass is 10.0. The molecule has 1 aromatic heterocycles. The van der Waals surface area contributed by atoms with Gasteiger partial charge in [0.25, 0.3) is 0 Å². The molecule has 2 heterocycles. The lowest BCUT2D eigenvalue weighted by Gasteiger charge is -2.20. The van der Waals surface area contributed by atoms with Gasteiger partial charge in [-0.15, -0.1) is 0 Å². The van der Waals surface area contributed by atoms with Crippen LogP contribution in [-0.4, -0.2) is 23.1 Å². The van der Waals surface area contributed by atoms with E-state index in [9.17, 15) is 0 Å². The van der Waals surface area contributed by atoms with Crippen molar-refractivity contribution in [2.24, 2.45) is 11.8 Å². The molecule has 1 saturated heterocycles. The Morgan fingerprint density at radius 1 is 1.25 bits per heavy atom. The second-order valence-corrected chi connectivity index (χ2v) is 5.06. The van der Waals surface area contributed by atoms with E-state index < -0.39 is 0 Å². The number of nitrogens with zero attached hydrogens (tertiary/aromatic N) is 3. The summed E-state index contributed by atoms with van der Waals surface area (Å²) < 4.78 is 0. The molecule has 2 atom stereocenters. The van der Waals surface area contributed by atoms with Crippen molar-refractivity contribution in [3.05, 3.63) is 11.9 Å². The van der Waals surface area contributed by atoms with Crippen LogP contribution in [0, 0.1) is 18.8 Å². The largest absolute Gasteiger partial charge is 0.383 e. The van der Waals surface area contributed by atoms with Crippen molar-refractivity contribution >= 4 is 11.6 Å². The molecule has 1 saturated carbocycles.